The minimum Gasteiger partial charge on any atom is -0.441 e. The average molecular weight is 396 g/mol. The molecule has 0 bridgehead atoms. The highest BCUT2D eigenvalue weighted by Gasteiger charge is 2.24. The van der Waals surface area contributed by atoms with Crippen molar-refractivity contribution in [3.63, 3.8) is 0 Å². The van der Waals surface area contributed by atoms with Crippen LogP contribution in [0.3, 0.4) is 0 Å². The molecule has 0 radical (unpaired) electrons. The van der Waals surface area contributed by atoms with Gasteiger partial charge in [0.1, 0.15) is 5.82 Å². The summed E-state index contributed by atoms with van der Waals surface area (Å²) in [6.07, 6.45) is 3.19. The number of amides is 1. The van der Waals surface area contributed by atoms with E-state index in [-0.39, 0.29) is 24.2 Å². The molecule has 6 heteroatoms. The Bertz CT molecular complexity index is 984. The van der Waals surface area contributed by atoms with Crippen LogP contribution < -0.4 is 5.32 Å². The molecule has 1 aliphatic heterocycles. The summed E-state index contributed by atoms with van der Waals surface area (Å²) in [7, 11) is 0. The Morgan fingerprint density at radius 3 is 2.93 bits per heavy atom. The van der Waals surface area contributed by atoms with Crippen molar-refractivity contribution in [2.24, 2.45) is 0 Å². The SMILES string of the molecule is Cc1ccc(-c2cnc(CCC(=O)NC3CCSc4c(F)cccc43)o2)cc1. The van der Waals surface area contributed by atoms with Crippen LogP contribution >= 0.6 is 11.8 Å². The summed E-state index contributed by atoms with van der Waals surface area (Å²) in [5.41, 5.74) is 3.01. The number of aromatic nitrogens is 1. The number of thioether (sulfide) groups is 1. The fraction of sp³-hybridized carbons (Fsp3) is 0.273. The number of nitrogens with one attached hydrogen (secondary N) is 1. The van der Waals surface area contributed by atoms with Crippen molar-refractivity contribution in [2.75, 3.05) is 5.75 Å². The van der Waals surface area contributed by atoms with Gasteiger partial charge >= 0.3 is 0 Å². The highest BCUT2D eigenvalue weighted by molar-refractivity contribution is 7.99. The van der Waals surface area contributed by atoms with Gasteiger partial charge in [0.2, 0.25) is 5.91 Å². The third-order valence-electron chi connectivity index (χ3n) is 4.82. The number of fused-ring (bicyclic) bond motifs is 1. The number of hydrogen-bond donors (Lipinski definition) is 1. The van der Waals surface area contributed by atoms with E-state index in [1.165, 1.54) is 23.4 Å². The molecule has 144 valence electrons. The van der Waals surface area contributed by atoms with Gasteiger partial charge in [-0.3, -0.25) is 4.79 Å². The van der Waals surface area contributed by atoms with Crippen LogP contribution in [0, 0.1) is 12.7 Å². The number of carbonyl (C=O) groups is 1. The van der Waals surface area contributed by atoms with Crippen molar-refractivity contribution in [1.82, 2.24) is 10.3 Å². The van der Waals surface area contributed by atoms with Crippen molar-refractivity contribution >= 4 is 17.7 Å². The van der Waals surface area contributed by atoms with Crippen molar-refractivity contribution in [3.05, 3.63) is 71.5 Å². The summed E-state index contributed by atoms with van der Waals surface area (Å²) >= 11 is 1.51. The molecule has 1 aromatic heterocycles. The van der Waals surface area contributed by atoms with E-state index in [9.17, 15) is 9.18 Å². The minimum absolute atomic E-state index is 0.0813. The third-order valence-corrected chi connectivity index (χ3v) is 5.98. The molecule has 0 aliphatic carbocycles. The molecule has 0 saturated carbocycles. The van der Waals surface area contributed by atoms with Gasteiger partial charge in [0.25, 0.3) is 0 Å². The zero-order chi connectivity index (χ0) is 19.5. The van der Waals surface area contributed by atoms with E-state index in [0.717, 1.165) is 23.3 Å². The quantitative estimate of drug-likeness (QED) is 0.654. The predicted molar refractivity (Wildman–Crippen MR) is 108 cm³/mol. The van der Waals surface area contributed by atoms with Gasteiger partial charge in [0.15, 0.2) is 11.7 Å². The van der Waals surface area contributed by atoms with Gasteiger partial charge < -0.3 is 9.73 Å². The van der Waals surface area contributed by atoms with Crippen LogP contribution in [-0.2, 0) is 11.2 Å². The van der Waals surface area contributed by atoms with Crippen LogP contribution in [0.5, 0.6) is 0 Å². The molecule has 4 rings (SSSR count). The molecule has 0 saturated heterocycles. The number of halogens is 1. The highest BCUT2D eigenvalue weighted by atomic mass is 32.2. The van der Waals surface area contributed by atoms with E-state index in [1.54, 1.807) is 12.3 Å². The second kappa shape index (κ2) is 8.19. The molecule has 0 fully saturated rings. The summed E-state index contributed by atoms with van der Waals surface area (Å²) in [6.45, 7) is 2.03. The van der Waals surface area contributed by atoms with Gasteiger partial charge in [-0.1, -0.05) is 42.0 Å². The summed E-state index contributed by atoms with van der Waals surface area (Å²) in [6, 6.07) is 12.9. The van der Waals surface area contributed by atoms with Crippen LogP contribution in [0.15, 0.2) is 58.0 Å². The summed E-state index contributed by atoms with van der Waals surface area (Å²) < 4.78 is 19.7. The molecule has 2 heterocycles. The lowest BCUT2D eigenvalue weighted by Gasteiger charge is -2.26. The van der Waals surface area contributed by atoms with Gasteiger partial charge in [0.05, 0.1) is 12.2 Å². The lowest BCUT2D eigenvalue weighted by atomic mass is 10.0. The molecular weight excluding hydrogens is 375 g/mol. The van der Waals surface area contributed by atoms with E-state index in [4.69, 9.17) is 4.42 Å². The van der Waals surface area contributed by atoms with E-state index < -0.39 is 0 Å². The van der Waals surface area contributed by atoms with Crippen LogP contribution in [-0.4, -0.2) is 16.6 Å². The minimum atomic E-state index is -0.218. The lowest BCUT2D eigenvalue weighted by molar-refractivity contribution is -0.121. The van der Waals surface area contributed by atoms with Crippen molar-refractivity contribution in [2.45, 2.75) is 37.1 Å². The fourth-order valence-corrected chi connectivity index (χ4v) is 4.44. The third kappa shape index (κ3) is 4.12. The summed E-state index contributed by atoms with van der Waals surface area (Å²) in [4.78, 5) is 17.3. The Labute approximate surface area is 167 Å². The second-order valence-corrected chi connectivity index (χ2v) is 8.00. The highest BCUT2D eigenvalue weighted by Crippen LogP contribution is 2.37. The Balaban J connectivity index is 1.36. The summed E-state index contributed by atoms with van der Waals surface area (Å²) in [5, 5.41) is 3.03. The van der Waals surface area contributed by atoms with Crippen molar-refractivity contribution < 1.29 is 13.6 Å². The topological polar surface area (TPSA) is 55.1 Å². The Morgan fingerprint density at radius 1 is 1.29 bits per heavy atom. The van der Waals surface area contributed by atoms with E-state index in [1.807, 2.05) is 37.3 Å². The van der Waals surface area contributed by atoms with Gasteiger partial charge in [-0.15, -0.1) is 11.8 Å². The Kier molecular flexibility index (Phi) is 5.48. The zero-order valence-electron chi connectivity index (χ0n) is 15.6. The molecule has 1 amide bonds. The number of rotatable bonds is 5. The molecule has 3 aromatic rings. The molecule has 1 aliphatic rings. The smallest absolute Gasteiger partial charge is 0.220 e. The number of aryl methyl sites for hydroxylation is 2. The van der Waals surface area contributed by atoms with Crippen molar-refractivity contribution in [3.8, 4) is 11.3 Å². The maximum absolute atomic E-state index is 14.0. The summed E-state index contributed by atoms with van der Waals surface area (Å²) in [5.74, 6) is 1.73. The van der Waals surface area contributed by atoms with Gasteiger partial charge in [-0.2, -0.15) is 0 Å². The first-order valence-electron chi connectivity index (χ1n) is 9.32. The predicted octanol–water partition coefficient (Wildman–Crippen LogP) is 5.08. The van der Waals surface area contributed by atoms with Gasteiger partial charge in [-0.25, -0.2) is 9.37 Å². The first kappa shape index (κ1) is 18.7. The van der Waals surface area contributed by atoms with Crippen LogP contribution in [0.2, 0.25) is 0 Å². The molecule has 1 atom stereocenters. The van der Waals surface area contributed by atoms with Crippen LogP contribution in [0.4, 0.5) is 4.39 Å². The number of benzene rings is 2. The normalized spacial score (nSPS) is 15.9. The second-order valence-electron chi connectivity index (χ2n) is 6.90. The molecule has 1 N–H and O–H groups in total. The van der Waals surface area contributed by atoms with Crippen LogP contribution in [0.25, 0.3) is 11.3 Å². The number of carbonyl (C=O) groups excluding carboxylic acids is 1. The molecular formula is C22H21FN2O2S. The maximum atomic E-state index is 14.0. The Hall–Kier alpha value is -2.60. The molecule has 4 nitrogen and oxygen atoms in total. The monoisotopic (exact) mass is 396 g/mol. The first-order valence-corrected chi connectivity index (χ1v) is 10.3. The average Bonchev–Trinajstić information content (AvgIpc) is 3.17. The standard InChI is InChI=1S/C22H21FN2O2S/c1-14-5-7-15(8-6-14)19-13-24-21(27-19)10-9-20(26)25-18-11-12-28-22-16(18)3-2-4-17(22)23/h2-8,13,18H,9-12H2,1H3,(H,25,26). The largest absolute Gasteiger partial charge is 0.441 e. The molecule has 0 spiro atoms. The first-order chi connectivity index (χ1) is 13.6. The number of oxazole rings is 1. The number of nitrogens with zero attached hydrogens (tertiary/aromatic N) is 1. The fourth-order valence-electron chi connectivity index (χ4n) is 3.30. The van der Waals surface area contributed by atoms with E-state index >= 15 is 0 Å². The lowest BCUT2D eigenvalue weighted by Crippen LogP contribution is -2.31. The van der Waals surface area contributed by atoms with Gasteiger partial charge in [0, 0.05) is 29.1 Å². The molecule has 1 unspecified atom stereocenters. The molecule has 2 aromatic carbocycles. The van der Waals surface area contributed by atoms with E-state index in [2.05, 4.69) is 10.3 Å². The zero-order valence-corrected chi connectivity index (χ0v) is 16.4. The van der Waals surface area contributed by atoms with Gasteiger partial charge in [-0.05, 0) is 25.0 Å². The van der Waals surface area contributed by atoms with E-state index in [0.29, 0.717) is 23.0 Å². The maximum Gasteiger partial charge on any atom is 0.220 e. The van der Waals surface area contributed by atoms with Crippen molar-refractivity contribution in [1.29, 1.82) is 0 Å². The molecule has 28 heavy (non-hydrogen) atoms. The number of hydrogen-bond acceptors (Lipinski definition) is 4. The van der Waals surface area contributed by atoms with Crippen LogP contribution in [0.1, 0.15) is 35.9 Å². The Morgan fingerprint density at radius 2 is 2.11 bits per heavy atom.